The van der Waals surface area contributed by atoms with Crippen LogP contribution in [-0.4, -0.2) is 12.5 Å². The maximum Gasteiger partial charge on any atom is 0.253 e. The van der Waals surface area contributed by atoms with Gasteiger partial charge in [-0.15, -0.1) is 11.8 Å². The minimum absolute atomic E-state index is 0.276. The first-order valence-corrected chi connectivity index (χ1v) is 3.11. The highest BCUT2D eigenvalue weighted by atomic mass is 19.3. The second kappa shape index (κ2) is 5.19. The lowest BCUT2D eigenvalue weighted by atomic mass is 10.2. The van der Waals surface area contributed by atoms with Crippen molar-refractivity contribution in [2.75, 3.05) is 0 Å². The Morgan fingerprint density at radius 3 is 2.50 bits per heavy atom. The van der Waals surface area contributed by atoms with Crippen LogP contribution in [0.2, 0.25) is 0 Å². The molecule has 10 heavy (non-hydrogen) atoms. The van der Waals surface area contributed by atoms with Crippen LogP contribution in [0.3, 0.4) is 0 Å². The van der Waals surface area contributed by atoms with E-state index >= 15 is 0 Å². The molecular formula is C7H11F2N. The van der Waals surface area contributed by atoms with Gasteiger partial charge in [0.1, 0.15) is 0 Å². The van der Waals surface area contributed by atoms with Crippen molar-refractivity contribution in [3.05, 3.63) is 0 Å². The Hall–Kier alpha value is -0.620. The van der Waals surface area contributed by atoms with Gasteiger partial charge in [0.25, 0.3) is 6.43 Å². The fourth-order valence-corrected chi connectivity index (χ4v) is 0.490. The van der Waals surface area contributed by atoms with Crippen molar-refractivity contribution < 1.29 is 8.78 Å². The monoisotopic (exact) mass is 147 g/mol. The molecule has 0 aromatic carbocycles. The van der Waals surface area contributed by atoms with Gasteiger partial charge in [-0.25, -0.2) is 8.78 Å². The van der Waals surface area contributed by atoms with E-state index in [-0.39, 0.29) is 6.42 Å². The van der Waals surface area contributed by atoms with Gasteiger partial charge in [0.05, 0.1) is 6.04 Å². The third-order valence-corrected chi connectivity index (χ3v) is 1.10. The molecule has 1 nitrogen and oxygen atoms in total. The largest absolute Gasteiger partial charge is 0.323 e. The molecule has 58 valence electrons. The average Bonchev–Trinajstić information content (AvgIpc) is 1.88. The molecule has 0 aliphatic rings. The molecule has 0 saturated carbocycles. The van der Waals surface area contributed by atoms with E-state index in [1.165, 1.54) is 0 Å². The Morgan fingerprint density at radius 1 is 1.50 bits per heavy atom. The fourth-order valence-electron chi connectivity index (χ4n) is 0.490. The van der Waals surface area contributed by atoms with Crippen LogP contribution in [0.5, 0.6) is 0 Å². The lowest BCUT2D eigenvalue weighted by Crippen LogP contribution is -2.28. The second-order valence-corrected chi connectivity index (χ2v) is 1.96. The van der Waals surface area contributed by atoms with Crippen molar-refractivity contribution in [2.45, 2.75) is 32.2 Å². The van der Waals surface area contributed by atoms with Gasteiger partial charge in [-0.3, -0.25) is 0 Å². The summed E-state index contributed by atoms with van der Waals surface area (Å²) >= 11 is 0. The summed E-state index contributed by atoms with van der Waals surface area (Å²) in [6.45, 7) is 1.67. The summed E-state index contributed by atoms with van der Waals surface area (Å²) in [7, 11) is 0. The molecule has 3 heteroatoms. The number of nitrogens with two attached hydrogens (primary N) is 1. The van der Waals surface area contributed by atoms with Crippen molar-refractivity contribution in [3.63, 3.8) is 0 Å². The molecule has 0 amide bonds. The summed E-state index contributed by atoms with van der Waals surface area (Å²) in [5, 5.41) is 0. The number of hydrogen-bond acceptors (Lipinski definition) is 1. The molecule has 0 bridgehead atoms. The summed E-state index contributed by atoms with van der Waals surface area (Å²) in [4.78, 5) is 0. The predicted molar refractivity (Wildman–Crippen MR) is 36.7 cm³/mol. The van der Waals surface area contributed by atoms with Crippen LogP contribution < -0.4 is 5.73 Å². The molecule has 2 N–H and O–H groups in total. The quantitative estimate of drug-likeness (QED) is 0.599. The Balaban J connectivity index is 3.36. The van der Waals surface area contributed by atoms with Crippen molar-refractivity contribution in [2.24, 2.45) is 5.73 Å². The van der Waals surface area contributed by atoms with E-state index in [4.69, 9.17) is 5.73 Å². The molecule has 0 rings (SSSR count). The first-order valence-electron chi connectivity index (χ1n) is 3.11. The third-order valence-electron chi connectivity index (χ3n) is 1.10. The van der Waals surface area contributed by atoms with Gasteiger partial charge in [0.2, 0.25) is 0 Å². The molecule has 0 aliphatic heterocycles. The summed E-state index contributed by atoms with van der Waals surface area (Å²) in [5.74, 6) is 5.28. The fraction of sp³-hybridized carbons (Fsp3) is 0.714. The summed E-state index contributed by atoms with van der Waals surface area (Å²) in [5.41, 5.74) is 5.04. The number of halogens is 2. The van der Waals surface area contributed by atoms with Gasteiger partial charge < -0.3 is 5.73 Å². The van der Waals surface area contributed by atoms with Crippen LogP contribution in [0.25, 0.3) is 0 Å². The molecule has 0 spiro atoms. The first kappa shape index (κ1) is 9.38. The second-order valence-electron chi connectivity index (χ2n) is 1.96. The lowest BCUT2D eigenvalue weighted by Gasteiger charge is -2.06. The first-order chi connectivity index (χ1) is 4.68. The highest BCUT2D eigenvalue weighted by molar-refractivity contribution is 4.95. The van der Waals surface area contributed by atoms with Gasteiger partial charge in [0.15, 0.2) is 0 Å². The Labute approximate surface area is 59.6 Å². The highest BCUT2D eigenvalue weighted by Crippen LogP contribution is 2.03. The molecule has 0 aromatic rings. The van der Waals surface area contributed by atoms with E-state index in [0.29, 0.717) is 6.42 Å². The molecule has 0 fully saturated rings. The molecule has 0 aromatic heterocycles. The molecular weight excluding hydrogens is 136 g/mol. The Bertz CT molecular complexity index is 134. The number of hydrogen-bond donors (Lipinski definition) is 1. The average molecular weight is 147 g/mol. The highest BCUT2D eigenvalue weighted by Gasteiger charge is 2.13. The van der Waals surface area contributed by atoms with Crippen molar-refractivity contribution in [1.82, 2.24) is 0 Å². The molecule has 1 atom stereocenters. The van der Waals surface area contributed by atoms with Crippen LogP contribution in [0.1, 0.15) is 19.8 Å². The molecule has 1 unspecified atom stereocenters. The van der Waals surface area contributed by atoms with Crippen molar-refractivity contribution in [3.8, 4) is 11.8 Å². The zero-order chi connectivity index (χ0) is 7.98. The van der Waals surface area contributed by atoms with Crippen LogP contribution >= 0.6 is 0 Å². The van der Waals surface area contributed by atoms with Gasteiger partial charge in [-0.1, -0.05) is 0 Å². The predicted octanol–water partition coefficient (Wildman–Crippen LogP) is 1.38. The molecule has 0 saturated heterocycles. The Morgan fingerprint density at radius 2 is 2.10 bits per heavy atom. The van der Waals surface area contributed by atoms with Gasteiger partial charge in [-0.2, -0.15) is 0 Å². The zero-order valence-corrected chi connectivity index (χ0v) is 5.90. The smallest absolute Gasteiger partial charge is 0.253 e. The summed E-state index contributed by atoms with van der Waals surface area (Å²) in [6.07, 6.45) is -1.68. The van der Waals surface area contributed by atoms with E-state index in [9.17, 15) is 8.78 Å². The van der Waals surface area contributed by atoms with Crippen LogP contribution in [0.4, 0.5) is 8.78 Å². The van der Waals surface area contributed by atoms with Crippen LogP contribution in [-0.2, 0) is 0 Å². The SMILES string of the molecule is CC#CCCC(N)C(F)F. The molecule has 0 heterocycles. The molecule has 0 aliphatic carbocycles. The zero-order valence-electron chi connectivity index (χ0n) is 5.90. The van der Waals surface area contributed by atoms with Crippen LogP contribution in [0, 0.1) is 11.8 Å². The van der Waals surface area contributed by atoms with E-state index in [0.717, 1.165) is 0 Å². The standard InChI is InChI=1S/C7H11F2N/c1-2-3-4-5-6(10)7(8)9/h6-7H,4-5,10H2,1H3. The van der Waals surface area contributed by atoms with E-state index in [1.54, 1.807) is 6.92 Å². The normalized spacial score (nSPS) is 12.5. The topological polar surface area (TPSA) is 26.0 Å². The van der Waals surface area contributed by atoms with E-state index in [1.807, 2.05) is 0 Å². The molecule has 0 radical (unpaired) electrons. The number of alkyl halides is 2. The summed E-state index contributed by atoms with van der Waals surface area (Å²) in [6, 6.07) is -1.01. The van der Waals surface area contributed by atoms with Crippen LogP contribution in [0.15, 0.2) is 0 Å². The van der Waals surface area contributed by atoms with E-state index < -0.39 is 12.5 Å². The maximum atomic E-state index is 11.7. The van der Waals surface area contributed by atoms with Gasteiger partial charge >= 0.3 is 0 Å². The summed E-state index contributed by atoms with van der Waals surface area (Å²) < 4.78 is 23.4. The lowest BCUT2D eigenvalue weighted by molar-refractivity contribution is 0.113. The minimum Gasteiger partial charge on any atom is -0.323 e. The Kier molecular flexibility index (Phi) is 4.87. The third kappa shape index (κ3) is 4.28. The van der Waals surface area contributed by atoms with E-state index in [2.05, 4.69) is 11.8 Å². The van der Waals surface area contributed by atoms with Crippen molar-refractivity contribution >= 4 is 0 Å². The minimum atomic E-state index is -2.42. The maximum absolute atomic E-state index is 11.7. The number of rotatable bonds is 3. The van der Waals surface area contributed by atoms with Crippen molar-refractivity contribution in [1.29, 1.82) is 0 Å². The van der Waals surface area contributed by atoms with Gasteiger partial charge in [-0.05, 0) is 13.3 Å². The van der Waals surface area contributed by atoms with Gasteiger partial charge in [0, 0.05) is 6.42 Å².